The number of anilines is 1. The van der Waals surface area contributed by atoms with Crippen LogP contribution in [0.15, 0.2) is 42.6 Å². The molecule has 0 fully saturated rings. The average Bonchev–Trinajstić information content (AvgIpc) is 2.88. The Morgan fingerprint density at radius 3 is 2.74 bits per heavy atom. The van der Waals surface area contributed by atoms with Gasteiger partial charge in [0.1, 0.15) is 0 Å². The predicted molar refractivity (Wildman–Crippen MR) is 72.7 cm³/mol. The zero-order chi connectivity index (χ0) is 13.7. The highest BCUT2D eigenvalue weighted by Crippen LogP contribution is 2.10. The maximum absolute atomic E-state index is 11.9. The van der Waals surface area contributed by atoms with E-state index < -0.39 is 0 Å². The number of benzene rings is 1. The fraction of sp³-hybridized carbons (Fsp3) is 0.143. The van der Waals surface area contributed by atoms with E-state index in [0.717, 1.165) is 5.69 Å². The Hall–Kier alpha value is -2.56. The molecule has 0 aliphatic rings. The number of rotatable bonds is 4. The fourth-order valence-electron chi connectivity index (χ4n) is 1.70. The van der Waals surface area contributed by atoms with Crippen molar-refractivity contribution in [1.29, 1.82) is 0 Å². The van der Waals surface area contributed by atoms with Crippen LogP contribution in [-0.4, -0.2) is 16.8 Å². The highest BCUT2D eigenvalue weighted by Gasteiger charge is 2.06. The van der Waals surface area contributed by atoms with Crippen LogP contribution in [0.1, 0.15) is 23.0 Å². The molecule has 2 rings (SSSR count). The smallest absolute Gasteiger partial charge is 0.251 e. The zero-order valence-corrected chi connectivity index (χ0v) is 10.6. The van der Waals surface area contributed by atoms with Crippen LogP contribution < -0.4 is 10.6 Å². The van der Waals surface area contributed by atoms with E-state index in [9.17, 15) is 9.59 Å². The second kappa shape index (κ2) is 5.86. The molecule has 98 valence electrons. The molecule has 5 nitrogen and oxygen atoms in total. The number of hydrogen-bond donors (Lipinski definition) is 3. The van der Waals surface area contributed by atoms with Crippen molar-refractivity contribution in [3.63, 3.8) is 0 Å². The summed E-state index contributed by atoms with van der Waals surface area (Å²) in [6, 6.07) is 10.6. The van der Waals surface area contributed by atoms with Crippen LogP contribution in [0.2, 0.25) is 0 Å². The molecule has 1 heterocycles. The van der Waals surface area contributed by atoms with E-state index in [4.69, 9.17) is 0 Å². The molecule has 0 aliphatic heterocycles. The Morgan fingerprint density at radius 2 is 2.05 bits per heavy atom. The first-order chi connectivity index (χ1) is 9.15. The standard InChI is InChI=1S/C14H15N3O2/c1-10(18)17-12-5-2-4-11(8-12)14(19)16-9-13-6-3-7-15-13/h2-8,15H,9H2,1H3,(H,16,19)(H,17,18). The largest absolute Gasteiger partial charge is 0.364 e. The minimum absolute atomic E-state index is 0.163. The van der Waals surface area contributed by atoms with Gasteiger partial charge in [0.2, 0.25) is 5.91 Å². The van der Waals surface area contributed by atoms with Crippen molar-refractivity contribution < 1.29 is 9.59 Å². The van der Waals surface area contributed by atoms with Crippen molar-refractivity contribution in [2.45, 2.75) is 13.5 Å². The van der Waals surface area contributed by atoms with Gasteiger partial charge in [0.25, 0.3) is 5.91 Å². The van der Waals surface area contributed by atoms with Gasteiger partial charge in [0.15, 0.2) is 0 Å². The topological polar surface area (TPSA) is 74.0 Å². The second-order valence-electron chi connectivity index (χ2n) is 4.14. The molecule has 0 saturated heterocycles. The van der Waals surface area contributed by atoms with Crippen LogP contribution in [-0.2, 0) is 11.3 Å². The lowest BCUT2D eigenvalue weighted by Gasteiger charge is -2.06. The molecule has 19 heavy (non-hydrogen) atoms. The molecule has 1 aromatic carbocycles. The van der Waals surface area contributed by atoms with Crippen molar-refractivity contribution in [3.05, 3.63) is 53.9 Å². The molecule has 0 radical (unpaired) electrons. The number of nitrogens with one attached hydrogen (secondary N) is 3. The molecule has 2 amide bonds. The van der Waals surface area contributed by atoms with Gasteiger partial charge in [-0.15, -0.1) is 0 Å². The molecular formula is C14H15N3O2. The van der Waals surface area contributed by atoms with E-state index >= 15 is 0 Å². The average molecular weight is 257 g/mol. The van der Waals surface area contributed by atoms with Crippen molar-refractivity contribution in [2.24, 2.45) is 0 Å². The Balaban J connectivity index is 2.00. The maximum Gasteiger partial charge on any atom is 0.251 e. The Kier molecular flexibility index (Phi) is 3.97. The second-order valence-corrected chi connectivity index (χ2v) is 4.14. The van der Waals surface area contributed by atoms with Crippen molar-refractivity contribution in [3.8, 4) is 0 Å². The van der Waals surface area contributed by atoms with Gasteiger partial charge >= 0.3 is 0 Å². The summed E-state index contributed by atoms with van der Waals surface area (Å²) in [5.74, 6) is -0.342. The van der Waals surface area contributed by atoms with Crippen LogP contribution >= 0.6 is 0 Å². The van der Waals surface area contributed by atoms with Gasteiger partial charge in [-0.1, -0.05) is 6.07 Å². The number of hydrogen-bond acceptors (Lipinski definition) is 2. The predicted octanol–water partition coefficient (Wildman–Crippen LogP) is 1.90. The number of aromatic amines is 1. The normalized spacial score (nSPS) is 9.95. The first-order valence-corrected chi connectivity index (χ1v) is 5.93. The minimum Gasteiger partial charge on any atom is -0.364 e. The molecule has 0 saturated carbocycles. The van der Waals surface area contributed by atoms with Crippen LogP contribution in [0.25, 0.3) is 0 Å². The zero-order valence-electron chi connectivity index (χ0n) is 10.6. The lowest BCUT2D eigenvalue weighted by molar-refractivity contribution is -0.114. The van der Waals surface area contributed by atoms with Crippen molar-refractivity contribution in [2.75, 3.05) is 5.32 Å². The van der Waals surface area contributed by atoms with Gasteiger partial charge < -0.3 is 15.6 Å². The minimum atomic E-state index is -0.179. The summed E-state index contributed by atoms with van der Waals surface area (Å²) in [6.07, 6.45) is 1.80. The number of carbonyl (C=O) groups excluding carboxylic acids is 2. The highest BCUT2D eigenvalue weighted by atomic mass is 16.2. The van der Waals surface area contributed by atoms with Crippen LogP contribution in [0.4, 0.5) is 5.69 Å². The van der Waals surface area contributed by atoms with Crippen molar-refractivity contribution in [1.82, 2.24) is 10.3 Å². The van der Waals surface area contributed by atoms with Gasteiger partial charge in [-0.05, 0) is 30.3 Å². The molecule has 0 atom stereocenters. The lowest BCUT2D eigenvalue weighted by Crippen LogP contribution is -2.23. The van der Waals surface area contributed by atoms with E-state index in [2.05, 4.69) is 15.6 Å². The van der Waals surface area contributed by atoms with Gasteiger partial charge in [0, 0.05) is 30.1 Å². The van der Waals surface area contributed by atoms with E-state index in [1.165, 1.54) is 6.92 Å². The number of carbonyl (C=O) groups is 2. The monoisotopic (exact) mass is 257 g/mol. The third-order valence-electron chi connectivity index (χ3n) is 2.55. The SMILES string of the molecule is CC(=O)Nc1cccc(C(=O)NCc2ccc[nH]2)c1. The number of aromatic nitrogens is 1. The van der Waals surface area contributed by atoms with E-state index in [1.54, 1.807) is 30.5 Å². The Morgan fingerprint density at radius 1 is 1.21 bits per heavy atom. The summed E-state index contributed by atoms with van der Waals surface area (Å²) in [5, 5.41) is 5.44. The van der Waals surface area contributed by atoms with E-state index in [0.29, 0.717) is 17.8 Å². The van der Waals surface area contributed by atoms with Crippen LogP contribution in [0.3, 0.4) is 0 Å². The third-order valence-corrected chi connectivity index (χ3v) is 2.55. The van der Waals surface area contributed by atoms with E-state index in [1.807, 2.05) is 12.1 Å². The first kappa shape index (κ1) is 12.9. The summed E-state index contributed by atoms with van der Waals surface area (Å²) in [4.78, 5) is 25.9. The number of H-pyrrole nitrogens is 1. The van der Waals surface area contributed by atoms with E-state index in [-0.39, 0.29) is 11.8 Å². The molecule has 0 unspecified atom stereocenters. The molecule has 0 spiro atoms. The van der Waals surface area contributed by atoms with Crippen molar-refractivity contribution >= 4 is 17.5 Å². The van der Waals surface area contributed by atoms with Gasteiger partial charge in [-0.25, -0.2) is 0 Å². The van der Waals surface area contributed by atoms with Crippen LogP contribution in [0.5, 0.6) is 0 Å². The van der Waals surface area contributed by atoms with Gasteiger partial charge in [0.05, 0.1) is 6.54 Å². The molecule has 0 bridgehead atoms. The van der Waals surface area contributed by atoms with Gasteiger partial charge in [-0.3, -0.25) is 9.59 Å². The quantitative estimate of drug-likeness (QED) is 0.782. The molecule has 5 heteroatoms. The first-order valence-electron chi connectivity index (χ1n) is 5.93. The molecule has 3 N–H and O–H groups in total. The molecule has 1 aromatic heterocycles. The Labute approximate surface area is 111 Å². The highest BCUT2D eigenvalue weighted by molar-refractivity contribution is 5.96. The van der Waals surface area contributed by atoms with Crippen LogP contribution in [0, 0.1) is 0 Å². The summed E-state index contributed by atoms with van der Waals surface area (Å²) in [5.41, 5.74) is 2.06. The summed E-state index contributed by atoms with van der Waals surface area (Å²) in [7, 11) is 0. The number of amides is 2. The fourth-order valence-corrected chi connectivity index (χ4v) is 1.70. The summed E-state index contributed by atoms with van der Waals surface area (Å²) < 4.78 is 0. The molecular weight excluding hydrogens is 242 g/mol. The third kappa shape index (κ3) is 3.70. The van der Waals surface area contributed by atoms with Gasteiger partial charge in [-0.2, -0.15) is 0 Å². The lowest BCUT2D eigenvalue weighted by atomic mass is 10.2. The summed E-state index contributed by atoms with van der Waals surface area (Å²) in [6.45, 7) is 1.87. The molecule has 2 aromatic rings. The Bertz CT molecular complexity index is 576. The summed E-state index contributed by atoms with van der Waals surface area (Å²) >= 11 is 0. The maximum atomic E-state index is 11.9. The molecule has 0 aliphatic carbocycles.